The SMILES string of the molecule is Cc1noc(C)c1C(=O)N1CCC2(CC1)CC(c1ccccc1)CN(C)C2. The molecular formula is C22H29N3O2. The Morgan fingerprint density at radius 2 is 1.89 bits per heavy atom. The second-order valence-corrected chi connectivity index (χ2v) is 8.50. The summed E-state index contributed by atoms with van der Waals surface area (Å²) in [5.41, 5.74) is 3.09. The number of carbonyl (C=O) groups excluding carboxylic acids is 1. The third-order valence-corrected chi connectivity index (χ3v) is 6.45. The Morgan fingerprint density at radius 1 is 1.19 bits per heavy atom. The van der Waals surface area contributed by atoms with Crippen molar-refractivity contribution in [1.82, 2.24) is 15.0 Å². The highest BCUT2D eigenvalue weighted by Crippen LogP contribution is 2.44. The zero-order chi connectivity index (χ0) is 19.0. The molecule has 0 saturated carbocycles. The van der Waals surface area contributed by atoms with Gasteiger partial charge in [0, 0.05) is 26.2 Å². The van der Waals surface area contributed by atoms with E-state index in [9.17, 15) is 4.79 Å². The van der Waals surface area contributed by atoms with Gasteiger partial charge in [-0.25, -0.2) is 0 Å². The van der Waals surface area contributed by atoms with Crippen molar-refractivity contribution in [1.29, 1.82) is 0 Å². The summed E-state index contributed by atoms with van der Waals surface area (Å²) in [7, 11) is 2.23. The maximum Gasteiger partial charge on any atom is 0.259 e. The van der Waals surface area contributed by atoms with Gasteiger partial charge in [-0.2, -0.15) is 0 Å². The van der Waals surface area contributed by atoms with Crippen LogP contribution >= 0.6 is 0 Å². The molecule has 2 saturated heterocycles. The van der Waals surface area contributed by atoms with Crippen molar-refractivity contribution in [2.75, 3.05) is 33.2 Å². The minimum absolute atomic E-state index is 0.0740. The van der Waals surface area contributed by atoms with Gasteiger partial charge in [0.05, 0.1) is 5.69 Å². The summed E-state index contributed by atoms with van der Waals surface area (Å²) in [6, 6.07) is 10.9. The highest BCUT2D eigenvalue weighted by molar-refractivity contribution is 5.96. The topological polar surface area (TPSA) is 49.6 Å². The summed E-state index contributed by atoms with van der Waals surface area (Å²) < 4.78 is 5.19. The first-order valence-electron chi connectivity index (χ1n) is 9.93. The number of amides is 1. The normalized spacial score (nSPS) is 22.9. The van der Waals surface area contributed by atoms with Crippen molar-refractivity contribution in [3.8, 4) is 0 Å². The number of likely N-dealkylation sites (tertiary alicyclic amines) is 2. The van der Waals surface area contributed by atoms with E-state index in [4.69, 9.17) is 4.52 Å². The van der Waals surface area contributed by atoms with Gasteiger partial charge in [-0.1, -0.05) is 35.5 Å². The minimum atomic E-state index is 0.0740. The molecule has 1 unspecified atom stereocenters. The fraction of sp³-hybridized carbons (Fsp3) is 0.545. The lowest BCUT2D eigenvalue weighted by molar-refractivity contribution is 0.0223. The number of aryl methyl sites for hydroxylation is 2. The second-order valence-electron chi connectivity index (χ2n) is 8.50. The van der Waals surface area contributed by atoms with Gasteiger partial charge in [-0.15, -0.1) is 0 Å². The molecule has 1 spiro atoms. The number of benzene rings is 1. The molecule has 2 aliphatic rings. The molecule has 5 nitrogen and oxygen atoms in total. The standard InChI is InChI=1S/C22H29N3O2/c1-16-20(17(2)27-23-16)21(26)25-11-9-22(10-12-25)13-19(14-24(3)15-22)18-7-5-4-6-8-18/h4-8,19H,9-15H2,1-3H3. The highest BCUT2D eigenvalue weighted by Gasteiger charge is 2.42. The molecule has 1 aromatic heterocycles. The van der Waals surface area contributed by atoms with E-state index >= 15 is 0 Å². The lowest BCUT2D eigenvalue weighted by atomic mass is 9.68. The second kappa shape index (κ2) is 7.12. The lowest BCUT2D eigenvalue weighted by Crippen LogP contribution is -2.51. The fourth-order valence-corrected chi connectivity index (χ4v) is 5.11. The Labute approximate surface area is 161 Å². The van der Waals surface area contributed by atoms with Gasteiger partial charge in [-0.05, 0) is 57.1 Å². The van der Waals surface area contributed by atoms with Crippen LogP contribution in [0.15, 0.2) is 34.9 Å². The molecule has 1 aromatic carbocycles. The van der Waals surface area contributed by atoms with Gasteiger partial charge < -0.3 is 14.3 Å². The van der Waals surface area contributed by atoms with Gasteiger partial charge in [0.15, 0.2) is 0 Å². The van der Waals surface area contributed by atoms with Gasteiger partial charge in [0.2, 0.25) is 0 Å². The van der Waals surface area contributed by atoms with Crippen LogP contribution in [-0.4, -0.2) is 54.1 Å². The van der Waals surface area contributed by atoms with Crippen molar-refractivity contribution < 1.29 is 9.32 Å². The Balaban J connectivity index is 1.46. The predicted octanol–water partition coefficient (Wildman–Crippen LogP) is 3.63. The quantitative estimate of drug-likeness (QED) is 0.813. The first-order valence-corrected chi connectivity index (χ1v) is 9.93. The summed E-state index contributed by atoms with van der Waals surface area (Å²) in [6.07, 6.45) is 3.35. The first kappa shape index (κ1) is 18.2. The Kier molecular flexibility index (Phi) is 4.81. The van der Waals surface area contributed by atoms with Crippen LogP contribution in [-0.2, 0) is 0 Å². The van der Waals surface area contributed by atoms with Crippen molar-refractivity contribution >= 4 is 5.91 Å². The van der Waals surface area contributed by atoms with E-state index in [1.165, 1.54) is 12.0 Å². The summed E-state index contributed by atoms with van der Waals surface area (Å²) in [6.45, 7) is 7.54. The number of likely N-dealkylation sites (N-methyl/N-ethyl adjacent to an activating group) is 1. The van der Waals surface area contributed by atoms with Crippen LogP contribution in [0, 0.1) is 19.3 Å². The van der Waals surface area contributed by atoms with Gasteiger partial charge in [0.25, 0.3) is 5.91 Å². The summed E-state index contributed by atoms with van der Waals surface area (Å²) in [5, 5.41) is 3.94. The number of piperidine rings is 2. The molecule has 2 aromatic rings. The van der Waals surface area contributed by atoms with Crippen LogP contribution in [0.4, 0.5) is 0 Å². The number of aromatic nitrogens is 1. The molecular weight excluding hydrogens is 338 g/mol. The van der Waals surface area contributed by atoms with Crippen molar-refractivity contribution in [3.63, 3.8) is 0 Å². The molecule has 27 heavy (non-hydrogen) atoms. The Bertz CT molecular complexity index is 787. The third-order valence-electron chi connectivity index (χ3n) is 6.45. The summed E-state index contributed by atoms with van der Waals surface area (Å²) in [4.78, 5) is 17.4. The summed E-state index contributed by atoms with van der Waals surface area (Å²) >= 11 is 0. The van der Waals surface area contributed by atoms with E-state index < -0.39 is 0 Å². The summed E-state index contributed by atoms with van der Waals surface area (Å²) in [5.74, 6) is 1.28. The van der Waals surface area contributed by atoms with Gasteiger partial charge in [0.1, 0.15) is 11.3 Å². The number of carbonyl (C=O) groups is 1. The van der Waals surface area contributed by atoms with Crippen molar-refractivity contribution in [3.05, 3.63) is 52.9 Å². The molecule has 0 radical (unpaired) electrons. The van der Waals surface area contributed by atoms with Crippen LogP contribution in [0.5, 0.6) is 0 Å². The van der Waals surface area contributed by atoms with Crippen LogP contribution < -0.4 is 0 Å². The molecule has 0 N–H and O–H groups in total. The van der Waals surface area contributed by atoms with Crippen molar-refractivity contribution in [2.45, 2.75) is 39.0 Å². The molecule has 0 bridgehead atoms. The Hall–Kier alpha value is -2.14. The van der Waals surface area contributed by atoms with Crippen LogP contribution in [0.25, 0.3) is 0 Å². The van der Waals surface area contributed by atoms with Crippen molar-refractivity contribution in [2.24, 2.45) is 5.41 Å². The van der Waals surface area contributed by atoms with E-state index in [-0.39, 0.29) is 5.91 Å². The van der Waals surface area contributed by atoms with Gasteiger partial charge >= 0.3 is 0 Å². The number of rotatable bonds is 2. The molecule has 5 heteroatoms. The minimum Gasteiger partial charge on any atom is -0.361 e. The Morgan fingerprint density at radius 3 is 2.52 bits per heavy atom. The average molecular weight is 367 g/mol. The fourth-order valence-electron chi connectivity index (χ4n) is 5.11. The molecule has 3 heterocycles. The van der Waals surface area contributed by atoms with Crippen LogP contribution in [0.1, 0.15) is 52.6 Å². The lowest BCUT2D eigenvalue weighted by Gasteiger charge is -2.49. The third kappa shape index (κ3) is 3.53. The van der Waals surface area contributed by atoms with Gasteiger partial charge in [-0.3, -0.25) is 4.79 Å². The smallest absolute Gasteiger partial charge is 0.259 e. The molecule has 4 rings (SSSR count). The zero-order valence-corrected chi connectivity index (χ0v) is 16.6. The first-order chi connectivity index (χ1) is 13.0. The number of hydrogen-bond donors (Lipinski definition) is 0. The van der Waals surface area contributed by atoms with E-state index in [0.29, 0.717) is 28.4 Å². The van der Waals surface area contributed by atoms with E-state index in [1.54, 1.807) is 0 Å². The maximum atomic E-state index is 12.9. The number of nitrogens with zero attached hydrogens (tertiary/aromatic N) is 3. The monoisotopic (exact) mass is 367 g/mol. The molecule has 2 fully saturated rings. The van der Waals surface area contributed by atoms with E-state index in [1.807, 2.05) is 18.7 Å². The van der Waals surface area contributed by atoms with E-state index in [0.717, 1.165) is 39.0 Å². The number of hydrogen-bond acceptors (Lipinski definition) is 4. The largest absolute Gasteiger partial charge is 0.361 e. The van der Waals surface area contributed by atoms with Crippen LogP contribution in [0.2, 0.25) is 0 Å². The molecule has 1 atom stereocenters. The maximum absolute atomic E-state index is 12.9. The molecule has 2 aliphatic heterocycles. The van der Waals surface area contributed by atoms with E-state index in [2.05, 4.69) is 47.4 Å². The van der Waals surface area contributed by atoms with Crippen LogP contribution in [0.3, 0.4) is 0 Å². The average Bonchev–Trinajstić information content (AvgIpc) is 3.00. The zero-order valence-electron chi connectivity index (χ0n) is 16.6. The molecule has 1 amide bonds. The predicted molar refractivity (Wildman–Crippen MR) is 105 cm³/mol. The molecule has 0 aliphatic carbocycles. The highest BCUT2D eigenvalue weighted by atomic mass is 16.5. The molecule has 144 valence electrons.